The number of benzene rings is 1. The van der Waals surface area contributed by atoms with E-state index in [0.29, 0.717) is 5.56 Å². The average Bonchev–Trinajstić information content (AvgIpc) is 2.18. The molecule has 0 amide bonds. The Morgan fingerprint density at radius 2 is 1.85 bits per heavy atom. The summed E-state index contributed by atoms with van der Waals surface area (Å²) in [6, 6.07) is 5.44. The Bertz CT molecular complexity index is 369. The zero-order valence-electron chi connectivity index (χ0n) is 7.03. The molecule has 72 valence electrons. The van der Waals surface area contributed by atoms with Gasteiger partial charge in [-0.3, -0.25) is 4.18 Å². The molecule has 0 fully saturated rings. The van der Waals surface area contributed by atoms with Gasteiger partial charge < -0.3 is 0 Å². The number of hydrogen-bond acceptors (Lipinski definition) is 3. The Labute approximate surface area is 76.3 Å². The first-order chi connectivity index (χ1) is 6.10. The van der Waals surface area contributed by atoms with Crippen LogP contribution >= 0.6 is 0 Å². The lowest BCUT2D eigenvalue weighted by molar-refractivity contribution is 0.397. The third kappa shape index (κ3) is 2.26. The van der Waals surface area contributed by atoms with Crippen molar-refractivity contribution in [1.82, 2.24) is 0 Å². The maximum Gasteiger partial charge on any atom is 0.296 e. The molecule has 0 spiro atoms. The second-order valence-electron chi connectivity index (χ2n) is 2.40. The highest BCUT2D eigenvalue weighted by atomic mass is 32.2. The van der Waals surface area contributed by atoms with Crippen molar-refractivity contribution in [2.75, 3.05) is 7.11 Å². The highest BCUT2D eigenvalue weighted by Crippen LogP contribution is 2.12. The van der Waals surface area contributed by atoms with E-state index in [-0.39, 0.29) is 4.90 Å². The van der Waals surface area contributed by atoms with Gasteiger partial charge in [-0.15, -0.1) is 0 Å². The molecule has 1 aromatic rings. The SMILES string of the molecule is COS(=O)(=O)c1ccc(CF)cc1. The second kappa shape index (κ2) is 3.85. The van der Waals surface area contributed by atoms with Crippen LogP contribution in [0.3, 0.4) is 0 Å². The first kappa shape index (κ1) is 10.1. The van der Waals surface area contributed by atoms with Gasteiger partial charge in [0.2, 0.25) is 0 Å². The minimum absolute atomic E-state index is 0.0344. The van der Waals surface area contributed by atoms with Gasteiger partial charge in [-0.2, -0.15) is 8.42 Å². The van der Waals surface area contributed by atoms with Crippen LogP contribution in [0.4, 0.5) is 4.39 Å². The first-order valence-electron chi connectivity index (χ1n) is 3.55. The molecule has 0 aliphatic heterocycles. The molecular weight excluding hydrogens is 195 g/mol. The summed E-state index contributed by atoms with van der Waals surface area (Å²) in [6.45, 7) is -0.604. The van der Waals surface area contributed by atoms with E-state index in [4.69, 9.17) is 0 Å². The van der Waals surface area contributed by atoms with Crippen molar-refractivity contribution in [2.24, 2.45) is 0 Å². The van der Waals surface area contributed by atoms with E-state index < -0.39 is 16.8 Å². The van der Waals surface area contributed by atoms with Gasteiger partial charge in [0.05, 0.1) is 12.0 Å². The van der Waals surface area contributed by atoms with Gasteiger partial charge >= 0.3 is 0 Å². The molecule has 13 heavy (non-hydrogen) atoms. The third-order valence-corrected chi connectivity index (χ3v) is 2.87. The highest BCUT2D eigenvalue weighted by molar-refractivity contribution is 7.86. The van der Waals surface area contributed by atoms with Crippen LogP contribution in [0.1, 0.15) is 5.56 Å². The van der Waals surface area contributed by atoms with E-state index >= 15 is 0 Å². The van der Waals surface area contributed by atoms with Gasteiger partial charge in [0.25, 0.3) is 10.1 Å². The summed E-state index contributed by atoms with van der Waals surface area (Å²) in [5.74, 6) is 0. The summed E-state index contributed by atoms with van der Waals surface area (Å²) in [7, 11) is -2.56. The molecule has 0 saturated heterocycles. The topological polar surface area (TPSA) is 43.4 Å². The standard InChI is InChI=1S/C8H9FO3S/c1-12-13(10,11)8-4-2-7(6-9)3-5-8/h2-5H,6H2,1H3. The van der Waals surface area contributed by atoms with Crippen LogP contribution < -0.4 is 0 Å². The lowest BCUT2D eigenvalue weighted by Gasteiger charge is -2.00. The Morgan fingerprint density at radius 3 is 2.23 bits per heavy atom. The van der Waals surface area contributed by atoms with E-state index in [0.717, 1.165) is 7.11 Å². The largest absolute Gasteiger partial charge is 0.296 e. The van der Waals surface area contributed by atoms with Crippen LogP contribution in [0, 0.1) is 0 Å². The van der Waals surface area contributed by atoms with Crippen molar-refractivity contribution in [3.63, 3.8) is 0 Å². The zero-order valence-corrected chi connectivity index (χ0v) is 7.84. The summed E-state index contributed by atoms with van der Waals surface area (Å²) in [4.78, 5) is 0.0344. The van der Waals surface area contributed by atoms with Crippen LogP contribution in [-0.2, 0) is 21.0 Å². The fourth-order valence-corrected chi connectivity index (χ4v) is 1.50. The number of alkyl halides is 1. The maximum absolute atomic E-state index is 12.1. The molecule has 1 rings (SSSR count). The lowest BCUT2D eigenvalue weighted by atomic mass is 10.2. The normalized spacial score (nSPS) is 11.5. The molecule has 0 bridgehead atoms. The predicted molar refractivity (Wildman–Crippen MR) is 45.4 cm³/mol. The average molecular weight is 204 g/mol. The Kier molecular flexibility index (Phi) is 3.00. The van der Waals surface area contributed by atoms with Gasteiger partial charge in [-0.05, 0) is 17.7 Å². The smallest absolute Gasteiger partial charge is 0.270 e. The van der Waals surface area contributed by atoms with Gasteiger partial charge in [-0.1, -0.05) is 12.1 Å². The minimum Gasteiger partial charge on any atom is -0.270 e. The van der Waals surface area contributed by atoms with Crippen molar-refractivity contribution in [2.45, 2.75) is 11.6 Å². The highest BCUT2D eigenvalue weighted by Gasteiger charge is 2.11. The molecule has 1 aromatic carbocycles. The number of rotatable bonds is 3. The van der Waals surface area contributed by atoms with E-state index in [1.165, 1.54) is 24.3 Å². The van der Waals surface area contributed by atoms with Gasteiger partial charge in [0.1, 0.15) is 6.67 Å². The van der Waals surface area contributed by atoms with Crippen LogP contribution in [0.5, 0.6) is 0 Å². The molecule has 0 aromatic heterocycles. The number of halogens is 1. The summed E-state index contributed by atoms with van der Waals surface area (Å²) >= 11 is 0. The van der Waals surface area contributed by atoms with Gasteiger partial charge in [-0.25, -0.2) is 4.39 Å². The lowest BCUT2D eigenvalue weighted by Crippen LogP contribution is -2.02. The molecular formula is C8H9FO3S. The van der Waals surface area contributed by atoms with Crippen LogP contribution in [0.15, 0.2) is 29.2 Å². The van der Waals surface area contributed by atoms with Gasteiger partial charge in [0, 0.05) is 0 Å². The van der Waals surface area contributed by atoms with E-state index in [1.807, 2.05) is 0 Å². The zero-order chi connectivity index (χ0) is 9.90. The van der Waals surface area contributed by atoms with E-state index in [2.05, 4.69) is 4.18 Å². The fourth-order valence-electron chi connectivity index (χ4n) is 0.841. The van der Waals surface area contributed by atoms with Crippen molar-refractivity contribution < 1.29 is 17.0 Å². The molecule has 0 heterocycles. The maximum atomic E-state index is 12.1. The number of hydrogen-bond donors (Lipinski definition) is 0. The van der Waals surface area contributed by atoms with Crippen molar-refractivity contribution in [3.05, 3.63) is 29.8 Å². The molecule has 5 heteroatoms. The summed E-state index contributed by atoms with van der Waals surface area (Å²) in [5.41, 5.74) is 0.440. The molecule has 0 unspecified atom stereocenters. The van der Waals surface area contributed by atoms with Gasteiger partial charge in [0.15, 0.2) is 0 Å². The van der Waals surface area contributed by atoms with E-state index in [9.17, 15) is 12.8 Å². The second-order valence-corrected chi connectivity index (χ2v) is 4.11. The van der Waals surface area contributed by atoms with Crippen molar-refractivity contribution in [1.29, 1.82) is 0 Å². The predicted octanol–water partition coefficient (Wildman–Crippen LogP) is 1.49. The summed E-state index contributed by atoms with van der Waals surface area (Å²) < 4.78 is 38.5. The van der Waals surface area contributed by atoms with Crippen molar-refractivity contribution >= 4 is 10.1 Å². The molecule has 0 N–H and O–H groups in total. The molecule has 3 nitrogen and oxygen atoms in total. The molecule has 0 saturated carbocycles. The third-order valence-electron chi connectivity index (χ3n) is 1.59. The quantitative estimate of drug-likeness (QED) is 0.700. The summed E-state index contributed by atoms with van der Waals surface area (Å²) in [6.07, 6.45) is 0. The molecule has 0 aliphatic carbocycles. The van der Waals surface area contributed by atoms with Crippen molar-refractivity contribution in [3.8, 4) is 0 Å². The van der Waals surface area contributed by atoms with Crippen LogP contribution in [0.25, 0.3) is 0 Å². The molecule has 0 aliphatic rings. The molecule has 0 atom stereocenters. The van der Waals surface area contributed by atoms with Crippen LogP contribution in [-0.4, -0.2) is 15.5 Å². The Balaban J connectivity index is 3.06. The Morgan fingerprint density at radius 1 is 1.31 bits per heavy atom. The first-order valence-corrected chi connectivity index (χ1v) is 4.96. The molecule has 0 radical (unpaired) electrons. The minimum atomic E-state index is -3.65. The van der Waals surface area contributed by atoms with E-state index in [1.54, 1.807) is 0 Å². The van der Waals surface area contributed by atoms with Crippen LogP contribution in [0.2, 0.25) is 0 Å². The fraction of sp³-hybridized carbons (Fsp3) is 0.250. The Hall–Kier alpha value is -0.940. The summed E-state index contributed by atoms with van der Waals surface area (Å²) in [5, 5.41) is 0. The monoisotopic (exact) mass is 204 g/mol.